The van der Waals surface area contributed by atoms with Gasteiger partial charge >= 0.3 is 12.0 Å². The number of hydrogen-bond donors (Lipinski definition) is 2. The summed E-state index contributed by atoms with van der Waals surface area (Å²) in [5.74, 6) is -1.17. The Kier molecular flexibility index (Phi) is 6.95. The second-order valence-corrected chi connectivity index (χ2v) is 9.06. The second-order valence-electron chi connectivity index (χ2n) is 6.85. The van der Waals surface area contributed by atoms with Gasteiger partial charge in [0, 0.05) is 40.6 Å². The third kappa shape index (κ3) is 6.31. The van der Waals surface area contributed by atoms with E-state index in [1.54, 1.807) is 32.2 Å². The summed E-state index contributed by atoms with van der Waals surface area (Å²) >= 11 is 0. The summed E-state index contributed by atoms with van der Waals surface area (Å²) in [4.78, 5) is 24.3. The summed E-state index contributed by atoms with van der Waals surface area (Å²) < 4.78 is 11.9. The van der Waals surface area contributed by atoms with Crippen molar-refractivity contribution in [3.05, 3.63) is 29.8 Å². The number of urea groups is 1. The van der Waals surface area contributed by atoms with Crippen molar-refractivity contribution in [3.63, 3.8) is 0 Å². The largest absolute Gasteiger partial charge is 0.481 e. The number of carbonyl (C=O) groups is 2. The molecule has 7 heteroatoms. The highest BCUT2D eigenvalue weighted by molar-refractivity contribution is 7.85. The number of carbonyl (C=O) groups excluding carboxylic acids is 1. The first-order chi connectivity index (χ1) is 11.0. The van der Waals surface area contributed by atoms with Crippen molar-refractivity contribution in [1.82, 2.24) is 4.90 Å². The molecule has 134 valence electrons. The molecule has 0 aliphatic carbocycles. The predicted molar refractivity (Wildman–Crippen MR) is 96.5 cm³/mol. The van der Waals surface area contributed by atoms with E-state index in [1.807, 2.05) is 26.8 Å². The van der Waals surface area contributed by atoms with Crippen molar-refractivity contribution in [2.24, 2.45) is 5.92 Å². The van der Waals surface area contributed by atoms with E-state index in [-0.39, 0.29) is 17.3 Å². The smallest absolute Gasteiger partial charge is 0.321 e. The van der Waals surface area contributed by atoms with Gasteiger partial charge in [0.15, 0.2) is 0 Å². The lowest BCUT2D eigenvalue weighted by molar-refractivity contribution is -0.141. The van der Waals surface area contributed by atoms with Gasteiger partial charge in [-0.25, -0.2) is 4.79 Å². The van der Waals surface area contributed by atoms with Crippen molar-refractivity contribution in [3.8, 4) is 0 Å². The molecule has 0 heterocycles. The molecule has 0 bridgehead atoms. The first kappa shape index (κ1) is 20.2. The van der Waals surface area contributed by atoms with Gasteiger partial charge in [-0.2, -0.15) is 0 Å². The van der Waals surface area contributed by atoms with Crippen molar-refractivity contribution in [1.29, 1.82) is 0 Å². The predicted octanol–water partition coefficient (Wildman–Crippen LogP) is 2.92. The zero-order chi connectivity index (χ0) is 18.5. The number of rotatable bonds is 6. The Hall–Kier alpha value is -1.89. The number of benzene rings is 1. The molecule has 24 heavy (non-hydrogen) atoms. The number of aliphatic carboxylic acids is 1. The van der Waals surface area contributed by atoms with Crippen molar-refractivity contribution in [2.75, 3.05) is 18.9 Å². The molecule has 2 atom stereocenters. The summed E-state index contributed by atoms with van der Waals surface area (Å²) in [6.07, 6.45) is 0. The number of nitrogens with zero attached hydrogens (tertiary/aromatic N) is 1. The zero-order valence-corrected chi connectivity index (χ0v) is 15.6. The summed E-state index contributed by atoms with van der Waals surface area (Å²) in [5.41, 5.74) is 1.47. The number of hydrogen-bond acceptors (Lipinski definition) is 3. The maximum Gasteiger partial charge on any atom is 0.321 e. The SMILES string of the molecule is CC(CN(C)C(=O)Nc1cccc(CS(=O)C(C)(C)C)c1)C(=O)O. The molecule has 0 radical (unpaired) electrons. The molecule has 2 amide bonds. The van der Waals surface area contributed by atoms with Crippen LogP contribution in [-0.4, -0.2) is 44.6 Å². The molecule has 0 fully saturated rings. The third-order valence-corrected chi connectivity index (χ3v) is 5.44. The molecule has 0 saturated carbocycles. The summed E-state index contributed by atoms with van der Waals surface area (Å²) in [6, 6.07) is 6.82. The average molecular weight is 354 g/mol. The number of anilines is 1. The van der Waals surface area contributed by atoms with E-state index in [2.05, 4.69) is 5.32 Å². The lowest BCUT2D eigenvalue weighted by Crippen LogP contribution is -2.36. The molecule has 6 nitrogen and oxygen atoms in total. The number of nitrogens with one attached hydrogen (secondary N) is 1. The number of amides is 2. The molecular weight excluding hydrogens is 328 g/mol. The summed E-state index contributed by atoms with van der Waals surface area (Å²) in [6.45, 7) is 7.44. The van der Waals surface area contributed by atoms with E-state index in [0.717, 1.165) is 5.56 Å². The van der Waals surface area contributed by atoms with Gasteiger partial charge < -0.3 is 15.3 Å². The zero-order valence-electron chi connectivity index (χ0n) is 14.8. The topological polar surface area (TPSA) is 86.7 Å². The monoisotopic (exact) mass is 354 g/mol. The van der Waals surface area contributed by atoms with Crippen LogP contribution in [0.3, 0.4) is 0 Å². The Morgan fingerprint density at radius 1 is 1.33 bits per heavy atom. The first-order valence-electron chi connectivity index (χ1n) is 7.73. The molecule has 0 aromatic heterocycles. The summed E-state index contributed by atoms with van der Waals surface area (Å²) in [7, 11) is 0.529. The van der Waals surface area contributed by atoms with Gasteiger partial charge in [0.05, 0.1) is 5.92 Å². The molecule has 1 aromatic rings. The molecule has 0 aliphatic heterocycles. The minimum Gasteiger partial charge on any atom is -0.481 e. The highest BCUT2D eigenvalue weighted by Crippen LogP contribution is 2.19. The van der Waals surface area contributed by atoms with Gasteiger partial charge in [0.1, 0.15) is 0 Å². The molecular formula is C17H26N2O4S. The fraction of sp³-hybridized carbons (Fsp3) is 0.529. The van der Waals surface area contributed by atoms with Crippen molar-refractivity contribution in [2.45, 2.75) is 38.2 Å². The Morgan fingerprint density at radius 2 is 1.96 bits per heavy atom. The van der Waals surface area contributed by atoms with Crippen LogP contribution in [0, 0.1) is 5.92 Å². The molecule has 1 aromatic carbocycles. The van der Waals surface area contributed by atoms with E-state index in [0.29, 0.717) is 11.4 Å². The fourth-order valence-electron chi connectivity index (χ4n) is 1.90. The van der Waals surface area contributed by atoms with Crippen LogP contribution in [-0.2, 0) is 21.3 Å². The Balaban J connectivity index is 2.72. The van der Waals surface area contributed by atoms with Crippen LogP contribution in [0.2, 0.25) is 0 Å². The third-order valence-electron chi connectivity index (χ3n) is 3.48. The van der Waals surface area contributed by atoms with Gasteiger partial charge in [0.2, 0.25) is 0 Å². The normalized spacial score (nSPS) is 13.9. The van der Waals surface area contributed by atoms with Crippen LogP contribution in [0.15, 0.2) is 24.3 Å². The van der Waals surface area contributed by atoms with Crippen molar-refractivity contribution >= 4 is 28.5 Å². The van der Waals surface area contributed by atoms with Crippen molar-refractivity contribution < 1.29 is 18.9 Å². The molecule has 2 N–H and O–H groups in total. The Labute approximate surface area is 145 Å². The van der Waals surface area contributed by atoms with E-state index in [4.69, 9.17) is 5.11 Å². The minimum atomic E-state index is -1.02. The lowest BCUT2D eigenvalue weighted by Gasteiger charge is -2.20. The fourth-order valence-corrected chi connectivity index (χ4v) is 2.81. The van der Waals surface area contributed by atoms with E-state index in [1.165, 1.54) is 4.90 Å². The first-order valence-corrected chi connectivity index (χ1v) is 9.05. The number of carboxylic acids is 1. The van der Waals surface area contributed by atoms with Crippen LogP contribution < -0.4 is 5.32 Å². The van der Waals surface area contributed by atoms with Crippen LogP contribution in [0.1, 0.15) is 33.3 Å². The van der Waals surface area contributed by atoms with Crippen LogP contribution >= 0.6 is 0 Å². The molecule has 0 aliphatic rings. The second kappa shape index (κ2) is 8.28. The lowest BCUT2D eigenvalue weighted by atomic mass is 10.2. The molecule has 0 saturated heterocycles. The van der Waals surface area contributed by atoms with Gasteiger partial charge in [-0.15, -0.1) is 0 Å². The molecule has 0 spiro atoms. The van der Waals surface area contributed by atoms with Crippen LogP contribution in [0.5, 0.6) is 0 Å². The maximum atomic E-state index is 12.2. The Morgan fingerprint density at radius 3 is 2.50 bits per heavy atom. The van der Waals surface area contributed by atoms with Gasteiger partial charge in [0.25, 0.3) is 0 Å². The van der Waals surface area contributed by atoms with Gasteiger partial charge in [-0.3, -0.25) is 9.00 Å². The average Bonchev–Trinajstić information content (AvgIpc) is 2.46. The van der Waals surface area contributed by atoms with E-state index < -0.39 is 22.7 Å². The highest BCUT2D eigenvalue weighted by atomic mass is 32.2. The Bertz CT molecular complexity index is 625. The quantitative estimate of drug-likeness (QED) is 0.822. The van der Waals surface area contributed by atoms with E-state index >= 15 is 0 Å². The molecule has 1 rings (SSSR count). The maximum absolute atomic E-state index is 12.2. The standard InChI is InChI=1S/C17H26N2O4S/c1-12(15(20)21)10-19(5)16(22)18-14-8-6-7-13(9-14)11-24(23)17(2,3)4/h6-9,12H,10-11H2,1-5H3,(H,18,22)(H,20,21). The van der Waals surface area contributed by atoms with E-state index in [9.17, 15) is 13.8 Å². The minimum absolute atomic E-state index is 0.120. The summed E-state index contributed by atoms with van der Waals surface area (Å²) in [5, 5.41) is 11.6. The molecule has 2 unspecified atom stereocenters. The number of carboxylic acid groups (broad SMARTS) is 1. The van der Waals surface area contributed by atoms with Crippen LogP contribution in [0.4, 0.5) is 10.5 Å². The van der Waals surface area contributed by atoms with Gasteiger partial charge in [-0.05, 0) is 38.5 Å². The van der Waals surface area contributed by atoms with Gasteiger partial charge in [-0.1, -0.05) is 19.1 Å². The highest BCUT2D eigenvalue weighted by Gasteiger charge is 2.20. The van der Waals surface area contributed by atoms with Crippen LogP contribution in [0.25, 0.3) is 0 Å².